The van der Waals surface area contributed by atoms with Crippen LogP contribution in [0.5, 0.6) is 0 Å². The van der Waals surface area contributed by atoms with Gasteiger partial charge >= 0.3 is 0 Å². The third-order valence-corrected chi connectivity index (χ3v) is 5.31. The number of carbonyl (C=O) groups is 1. The lowest BCUT2D eigenvalue weighted by Gasteiger charge is -2.13. The zero-order chi connectivity index (χ0) is 15.7. The number of amides is 1. The fourth-order valence-corrected chi connectivity index (χ4v) is 4.31. The summed E-state index contributed by atoms with van der Waals surface area (Å²) in [7, 11) is 0. The van der Waals surface area contributed by atoms with Gasteiger partial charge in [0.1, 0.15) is 5.69 Å². The van der Waals surface area contributed by atoms with Crippen molar-refractivity contribution in [3.05, 3.63) is 33.8 Å². The van der Waals surface area contributed by atoms with E-state index in [1.807, 2.05) is 17.6 Å². The molecule has 0 unspecified atom stereocenters. The Morgan fingerprint density at radius 3 is 3.09 bits per heavy atom. The maximum atomic E-state index is 12.5. The van der Waals surface area contributed by atoms with Crippen molar-refractivity contribution in [1.82, 2.24) is 9.88 Å². The van der Waals surface area contributed by atoms with Gasteiger partial charge in [-0.3, -0.25) is 4.79 Å². The fourth-order valence-electron chi connectivity index (χ4n) is 2.74. The summed E-state index contributed by atoms with van der Waals surface area (Å²) in [6.07, 6.45) is 2.26. The van der Waals surface area contributed by atoms with Crippen LogP contribution in [-0.2, 0) is 11.3 Å². The first-order valence-electron chi connectivity index (χ1n) is 7.37. The molecule has 1 atom stereocenters. The molecule has 22 heavy (non-hydrogen) atoms. The number of halogens is 1. The van der Waals surface area contributed by atoms with Gasteiger partial charge in [-0.2, -0.15) is 0 Å². The number of hydrogen-bond acceptors (Lipinski definition) is 3. The second-order valence-corrected chi connectivity index (χ2v) is 8.18. The monoisotopic (exact) mass is 382 g/mol. The van der Waals surface area contributed by atoms with Gasteiger partial charge in [0.05, 0.1) is 20.1 Å². The summed E-state index contributed by atoms with van der Waals surface area (Å²) in [5.74, 6) is -0.0451. The van der Waals surface area contributed by atoms with Gasteiger partial charge in [-0.05, 0) is 47.8 Å². The third kappa shape index (κ3) is 3.29. The number of nitrogens with one attached hydrogen (secondary N) is 1. The van der Waals surface area contributed by atoms with E-state index in [2.05, 4.69) is 33.9 Å². The topological polar surface area (TPSA) is 43.3 Å². The van der Waals surface area contributed by atoms with Crippen LogP contribution in [0.3, 0.4) is 0 Å². The number of carbonyl (C=O) groups excluding carboxylic acids is 1. The lowest BCUT2D eigenvalue weighted by atomic mass is 10.2. The summed E-state index contributed by atoms with van der Waals surface area (Å²) in [4.78, 5) is 12.5. The van der Waals surface area contributed by atoms with Gasteiger partial charge in [-0.15, -0.1) is 11.3 Å². The number of allylic oxidation sites excluding steroid dienone is 1. The highest BCUT2D eigenvalue weighted by molar-refractivity contribution is 9.11. The SMILES string of the molecule is C=C(C)Cn1c(C(=O)NC[C@@H]2CCCO2)cc2sc(Br)cc21. The van der Waals surface area contributed by atoms with Crippen LogP contribution in [0.1, 0.15) is 30.3 Å². The molecule has 1 amide bonds. The first-order valence-corrected chi connectivity index (χ1v) is 8.98. The highest BCUT2D eigenvalue weighted by Gasteiger charge is 2.20. The number of ether oxygens (including phenoxy) is 1. The average molecular weight is 383 g/mol. The van der Waals surface area contributed by atoms with Crippen LogP contribution in [0.2, 0.25) is 0 Å². The normalized spacial score (nSPS) is 18.0. The van der Waals surface area contributed by atoms with E-state index >= 15 is 0 Å². The molecular weight excluding hydrogens is 364 g/mol. The number of nitrogens with zero attached hydrogens (tertiary/aromatic N) is 1. The maximum absolute atomic E-state index is 12.5. The second-order valence-electron chi connectivity index (χ2n) is 5.72. The molecule has 1 fully saturated rings. The Morgan fingerprint density at radius 2 is 2.41 bits per heavy atom. The molecule has 1 saturated heterocycles. The van der Waals surface area contributed by atoms with Crippen molar-refractivity contribution in [2.24, 2.45) is 0 Å². The number of aromatic nitrogens is 1. The van der Waals surface area contributed by atoms with E-state index < -0.39 is 0 Å². The van der Waals surface area contributed by atoms with Crippen LogP contribution in [0.15, 0.2) is 28.1 Å². The van der Waals surface area contributed by atoms with E-state index in [-0.39, 0.29) is 12.0 Å². The van der Waals surface area contributed by atoms with Gasteiger partial charge in [0, 0.05) is 19.7 Å². The van der Waals surface area contributed by atoms with Gasteiger partial charge in [0.25, 0.3) is 5.91 Å². The van der Waals surface area contributed by atoms with Gasteiger partial charge in [0.2, 0.25) is 0 Å². The number of thiophene rings is 1. The third-order valence-electron chi connectivity index (χ3n) is 3.73. The minimum absolute atomic E-state index is 0.0451. The molecule has 0 aromatic carbocycles. The lowest BCUT2D eigenvalue weighted by molar-refractivity contribution is 0.0851. The summed E-state index contributed by atoms with van der Waals surface area (Å²) in [6.45, 7) is 7.97. The summed E-state index contributed by atoms with van der Waals surface area (Å²) < 4.78 is 9.76. The fraction of sp³-hybridized carbons (Fsp3) is 0.438. The van der Waals surface area contributed by atoms with Crippen LogP contribution in [-0.4, -0.2) is 29.7 Å². The van der Waals surface area contributed by atoms with Crippen molar-refractivity contribution in [2.45, 2.75) is 32.4 Å². The molecule has 0 saturated carbocycles. The van der Waals surface area contributed by atoms with Crippen molar-refractivity contribution < 1.29 is 9.53 Å². The molecule has 2 aromatic heterocycles. The summed E-state index contributed by atoms with van der Waals surface area (Å²) in [5.41, 5.74) is 2.78. The maximum Gasteiger partial charge on any atom is 0.268 e. The first kappa shape index (κ1) is 15.8. The molecule has 3 heterocycles. The largest absolute Gasteiger partial charge is 0.376 e. The molecule has 1 aliphatic heterocycles. The van der Waals surface area contributed by atoms with E-state index in [0.717, 1.165) is 39.0 Å². The zero-order valence-electron chi connectivity index (χ0n) is 12.5. The molecular formula is C16H19BrN2O2S. The molecule has 1 N–H and O–H groups in total. The van der Waals surface area contributed by atoms with Crippen LogP contribution in [0, 0.1) is 0 Å². The summed E-state index contributed by atoms with van der Waals surface area (Å²) >= 11 is 5.14. The Morgan fingerprint density at radius 1 is 1.59 bits per heavy atom. The Hall–Kier alpha value is -1.11. The number of fused-ring (bicyclic) bond motifs is 1. The molecule has 0 aliphatic carbocycles. The Kier molecular flexibility index (Phi) is 4.70. The lowest BCUT2D eigenvalue weighted by Crippen LogP contribution is -2.33. The molecule has 3 rings (SSSR count). The van der Waals surface area contributed by atoms with Crippen molar-refractivity contribution in [2.75, 3.05) is 13.2 Å². The molecule has 0 spiro atoms. The Labute approximate surface area is 142 Å². The number of hydrogen-bond donors (Lipinski definition) is 1. The molecule has 0 radical (unpaired) electrons. The van der Waals surface area contributed by atoms with Crippen LogP contribution < -0.4 is 5.32 Å². The first-order chi connectivity index (χ1) is 10.5. The molecule has 4 nitrogen and oxygen atoms in total. The number of rotatable bonds is 5. The van der Waals surface area contributed by atoms with Crippen LogP contribution >= 0.6 is 27.3 Å². The predicted octanol–water partition coefficient (Wildman–Crippen LogP) is 3.95. The minimum Gasteiger partial charge on any atom is -0.376 e. The molecule has 1 aliphatic rings. The van der Waals surface area contributed by atoms with Gasteiger partial charge in [-0.25, -0.2) is 0 Å². The zero-order valence-corrected chi connectivity index (χ0v) is 14.9. The van der Waals surface area contributed by atoms with E-state index in [1.54, 1.807) is 11.3 Å². The van der Waals surface area contributed by atoms with Crippen LogP contribution in [0.4, 0.5) is 0 Å². The van der Waals surface area contributed by atoms with E-state index in [1.165, 1.54) is 0 Å². The molecule has 2 aromatic rings. The minimum atomic E-state index is -0.0451. The van der Waals surface area contributed by atoms with Crippen LogP contribution in [0.25, 0.3) is 10.2 Å². The summed E-state index contributed by atoms with van der Waals surface area (Å²) in [5, 5.41) is 3.00. The quantitative estimate of drug-likeness (QED) is 0.795. The van der Waals surface area contributed by atoms with Gasteiger partial charge in [-0.1, -0.05) is 12.2 Å². The van der Waals surface area contributed by atoms with E-state index in [9.17, 15) is 4.79 Å². The van der Waals surface area contributed by atoms with Crippen molar-refractivity contribution >= 4 is 43.4 Å². The molecule has 6 heteroatoms. The van der Waals surface area contributed by atoms with Crippen molar-refractivity contribution in [3.63, 3.8) is 0 Å². The Bertz CT molecular complexity index is 713. The molecule has 118 valence electrons. The highest BCUT2D eigenvalue weighted by Crippen LogP contribution is 2.32. The standard InChI is InChI=1S/C16H19BrN2O2S/c1-10(2)9-19-12-7-15(17)22-14(12)6-13(19)16(20)18-8-11-4-3-5-21-11/h6-7,11H,1,3-5,8-9H2,2H3,(H,18,20)/t11-/m0/s1. The molecule has 0 bridgehead atoms. The summed E-state index contributed by atoms with van der Waals surface area (Å²) in [6, 6.07) is 4.01. The average Bonchev–Trinajstić information content (AvgIpc) is 3.14. The predicted molar refractivity (Wildman–Crippen MR) is 93.6 cm³/mol. The van der Waals surface area contributed by atoms with Crippen molar-refractivity contribution in [3.8, 4) is 0 Å². The van der Waals surface area contributed by atoms with Gasteiger partial charge < -0.3 is 14.6 Å². The van der Waals surface area contributed by atoms with E-state index in [4.69, 9.17) is 4.74 Å². The second kappa shape index (κ2) is 6.56. The smallest absolute Gasteiger partial charge is 0.268 e. The van der Waals surface area contributed by atoms with Crippen molar-refractivity contribution in [1.29, 1.82) is 0 Å². The van der Waals surface area contributed by atoms with Gasteiger partial charge in [0.15, 0.2) is 0 Å². The highest BCUT2D eigenvalue weighted by atomic mass is 79.9. The van der Waals surface area contributed by atoms with E-state index in [0.29, 0.717) is 18.8 Å². The Balaban J connectivity index is 1.82.